The molecule has 0 saturated heterocycles. The SMILES string of the molecule is CC1CCCC(C(C(N)=O)[P+](O)(S)S)C1. The fourth-order valence-electron chi connectivity index (χ4n) is 2.45. The molecule has 1 saturated carbocycles. The van der Waals surface area contributed by atoms with E-state index in [-0.39, 0.29) is 5.92 Å². The number of carbonyl (C=O) groups is 1. The van der Waals surface area contributed by atoms with Gasteiger partial charge in [0.1, 0.15) is 0 Å². The lowest BCUT2D eigenvalue weighted by molar-refractivity contribution is -0.118. The van der Waals surface area contributed by atoms with E-state index in [2.05, 4.69) is 31.4 Å². The van der Waals surface area contributed by atoms with Crippen LogP contribution in [0, 0.1) is 11.8 Å². The molecule has 0 aromatic heterocycles. The van der Waals surface area contributed by atoms with Gasteiger partial charge >= 0.3 is 0 Å². The third-order valence-electron chi connectivity index (χ3n) is 3.09. The van der Waals surface area contributed by atoms with Crippen LogP contribution in [0.1, 0.15) is 32.6 Å². The van der Waals surface area contributed by atoms with E-state index in [4.69, 9.17) is 5.73 Å². The number of hydrogen-bond donors (Lipinski definition) is 4. The standard InChI is InChI=1S/C9H18NO2PS2/c1-6-3-2-4-7(5-6)8(9(10)11)13(12,14)15/h6-8,12,14-15H,2-5H2,1H3,(H-,10,11)/p+1. The van der Waals surface area contributed by atoms with Gasteiger partial charge in [0, 0.05) is 30.4 Å². The van der Waals surface area contributed by atoms with E-state index in [1.54, 1.807) is 0 Å². The van der Waals surface area contributed by atoms with E-state index in [0.29, 0.717) is 5.92 Å². The molecule has 0 aromatic carbocycles. The monoisotopic (exact) mass is 268 g/mol. The Kier molecular flexibility index (Phi) is 4.78. The van der Waals surface area contributed by atoms with Gasteiger partial charge in [0.25, 0.3) is 11.8 Å². The van der Waals surface area contributed by atoms with E-state index in [9.17, 15) is 9.69 Å². The molecular weight excluding hydrogens is 249 g/mol. The highest BCUT2D eigenvalue weighted by molar-refractivity contribution is 8.83. The van der Waals surface area contributed by atoms with E-state index < -0.39 is 17.5 Å². The number of primary amides is 1. The van der Waals surface area contributed by atoms with Crippen molar-refractivity contribution in [2.45, 2.75) is 38.3 Å². The van der Waals surface area contributed by atoms with Gasteiger partial charge in [-0.15, -0.1) is 0 Å². The molecule has 6 heteroatoms. The minimum absolute atomic E-state index is 0.152. The minimum Gasteiger partial charge on any atom is -0.366 e. The van der Waals surface area contributed by atoms with Crippen molar-refractivity contribution in [1.29, 1.82) is 0 Å². The maximum atomic E-state index is 11.3. The number of thiol groups is 2. The van der Waals surface area contributed by atoms with Gasteiger partial charge < -0.3 is 5.73 Å². The minimum atomic E-state index is -2.76. The maximum Gasteiger partial charge on any atom is 0.264 e. The van der Waals surface area contributed by atoms with Crippen LogP contribution < -0.4 is 5.73 Å². The van der Waals surface area contributed by atoms with Gasteiger partial charge in [0.2, 0.25) is 0 Å². The summed E-state index contributed by atoms with van der Waals surface area (Å²) in [6, 6.07) is 0. The number of rotatable bonds is 3. The second-order valence-electron chi connectivity index (χ2n) is 4.49. The predicted molar refractivity (Wildman–Crippen MR) is 71.2 cm³/mol. The molecule has 1 amide bonds. The third kappa shape index (κ3) is 3.81. The van der Waals surface area contributed by atoms with Crippen LogP contribution in [-0.2, 0) is 4.79 Å². The average Bonchev–Trinajstić information content (AvgIpc) is 1.99. The molecular formula is C9H19NO2PS2+. The fourth-order valence-corrected chi connectivity index (χ4v) is 5.45. The Labute approximate surface area is 102 Å². The third-order valence-corrected chi connectivity index (χ3v) is 6.00. The molecule has 0 heterocycles. The summed E-state index contributed by atoms with van der Waals surface area (Å²) in [5.41, 5.74) is 4.77. The number of carbonyl (C=O) groups excluding carboxylic acids is 1. The molecule has 15 heavy (non-hydrogen) atoms. The Hall–Kier alpha value is 0.560. The first-order valence-electron chi connectivity index (χ1n) is 5.18. The van der Waals surface area contributed by atoms with Crippen molar-refractivity contribution in [3.05, 3.63) is 0 Å². The van der Waals surface area contributed by atoms with Crippen LogP contribution in [0.5, 0.6) is 0 Å². The summed E-state index contributed by atoms with van der Waals surface area (Å²) in [5.74, 6) is -2.48. The molecule has 1 rings (SSSR count). The Morgan fingerprint density at radius 3 is 2.53 bits per heavy atom. The van der Waals surface area contributed by atoms with Crippen LogP contribution in [0.15, 0.2) is 0 Å². The Morgan fingerprint density at radius 1 is 1.53 bits per heavy atom. The zero-order valence-corrected chi connectivity index (χ0v) is 11.5. The lowest BCUT2D eigenvalue weighted by Crippen LogP contribution is -2.37. The highest BCUT2D eigenvalue weighted by Gasteiger charge is 2.49. The van der Waals surface area contributed by atoms with Gasteiger partial charge in [0.15, 0.2) is 5.66 Å². The second-order valence-corrected chi connectivity index (χ2v) is 10.9. The smallest absolute Gasteiger partial charge is 0.264 e. The molecule has 0 radical (unpaired) electrons. The molecule has 1 aliphatic carbocycles. The van der Waals surface area contributed by atoms with Crippen LogP contribution in [0.2, 0.25) is 0 Å². The Balaban J connectivity index is 2.76. The molecule has 88 valence electrons. The van der Waals surface area contributed by atoms with Gasteiger partial charge in [0.05, 0.1) is 0 Å². The van der Waals surface area contributed by atoms with Crippen molar-refractivity contribution in [3.63, 3.8) is 0 Å². The molecule has 1 fully saturated rings. The zero-order valence-electron chi connectivity index (χ0n) is 8.83. The summed E-state index contributed by atoms with van der Waals surface area (Å²) < 4.78 is 0. The number of nitrogens with two attached hydrogens (primary N) is 1. The number of amides is 1. The van der Waals surface area contributed by atoms with Crippen molar-refractivity contribution in [2.75, 3.05) is 0 Å². The fraction of sp³-hybridized carbons (Fsp3) is 0.889. The number of hydrogen-bond acceptors (Lipinski definition) is 4. The molecule has 1 aliphatic rings. The first-order valence-corrected chi connectivity index (χ1v) is 9.30. The lowest BCUT2D eigenvalue weighted by atomic mass is 9.80. The van der Waals surface area contributed by atoms with Gasteiger partial charge in [-0.05, 0) is 18.8 Å². The summed E-state index contributed by atoms with van der Waals surface area (Å²) in [4.78, 5) is 21.2. The van der Waals surface area contributed by atoms with Crippen molar-refractivity contribution in [3.8, 4) is 0 Å². The van der Waals surface area contributed by atoms with Crippen LogP contribution in [0.3, 0.4) is 0 Å². The van der Waals surface area contributed by atoms with Crippen LogP contribution in [0.4, 0.5) is 0 Å². The van der Waals surface area contributed by atoms with Crippen LogP contribution >= 0.6 is 30.4 Å². The molecule has 0 aliphatic heterocycles. The van der Waals surface area contributed by atoms with Crippen molar-refractivity contribution in [1.82, 2.24) is 0 Å². The van der Waals surface area contributed by atoms with Gasteiger partial charge in [-0.3, -0.25) is 4.79 Å². The lowest BCUT2D eigenvalue weighted by Gasteiger charge is -2.31. The second kappa shape index (κ2) is 5.26. The van der Waals surface area contributed by atoms with Crippen molar-refractivity contribution in [2.24, 2.45) is 17.6 Å². The van der Waals surface area contributed by atoms with Crippen molar-refractivity contribution >= 4 is 36.3 Å². The van der Waals surface area contributed by atoms with E-state index in [0.717, 1.165) is 19.3 Å². The van der Waals surface area contributed by atoms with Crippen LogP contribution in [-0.4, -0.2) is 16.5 Å². The first kappa shape index (κ1) is 13.6. The molecule has 0 spiro atoms. The summed E-state index contributed by atoms with van der Waals surface area (Å²) in [7, 11) is 0. The summed E-state index contributed by atoms with van der Waals surface area (Å²) >= 11 is 8.12. The van der Waals surface area contributed by atoms with Crippen LogP contribution in [0.25, 0.3) is 0 Å². The van der Waals surface area contributed by atoms with Gasteiger partial charge in [-0.2, -0.15) is 0 Å². The highest BCUT2D eigenvalue weighted by Crippen LogP contribution is 2.70. The van der Waals surface area contributed by atoms with Crippen molar-refractivity contribution < 1.29 is 9.69 Å². The van der Waals surface area contributed by atoms with E-state index >= 15 is 0 Å². The predicted octanol–water partition coefficient (Wildman–Crippen LogP) is 2.28. The quantitative estimate of drug-likeness (QED) is 0.469. The summed E-state index contributed by atoms with van der Waals surface area (Å²) in [6.07, 6.45) is 4.17. The Bertz CT molecular complexity index is 245. The topological polar surface area (TPSA) is 63.3 Å². The summed E-state index contributed by atoms with van der Waals surface area (Å²) in [6.45, 7) is 2.17. The normalized spacial score (nSPS) is 29.9. The molecule has 0 aromatic rings. The average molecular weight is 268 g/mol. The maximum absolute atomic E-state index is 11.3. The van der Waals surface area contributed by atoms with Gasteiger partial charge in [-0.1, -0.05) is 19.8 Å². The molecule has 3 nitrogen and oxygen atoms in total. The first-order chi connectivity index (χ1) is 6.82. The molecule has 0 bridgehead atoms. The Morgan fingerprint density at radius 2 is 2.13 bits per heavy atom. The molecule has 3 unspecified atom stereocenters. The van der Waals surface area contributed by atoms with E-state index in [1.165, 1.54) is 6.42 Å². The molecule has 3 atom stereocenters. The summed E-state index contributed by atoms with van der Waals surface area (Å²) in [5, 5.41) is 0. The van der Waals surface area contributed by atoms with E-state index in [1.807, 2.05) is 0 Å². The zero-order chi connectivity index (χ0) is 11.6. The van der Waals surface area contributed by atoms with Gasteiger partial charge in [-0.25, -0.2) is 4.89 Å². The molecule has 3 N–H and O–H groups in total. The highest BCUT2D eigenvalue weighted by atomic mass is 33.1. The largest absolute Gasteiger partial charge is 0.366 e.